The minimum atomic E-state index is -0.257. The van der Waals surface area contributed by atoms with Crippen LogP contribution in [0.15, 0.2) is 18.2 Å². The normalized spacial score (nSPS) is 24.0. The molecule has 1 saturated carbocycles. The number of hydrogen-bond acceptors (Lipinski definition) is 1. The van der Waals surface area contributed by atoms with Crippen molar-refractivity contribution >= 4 is 11.6 Å². The van der Waals surface area contributed by atoms with Gasteiger partial charge in [-0.3, -0.25) is 0 Å². The molecule has 1 aromatic carbocycles. The quantitative estimate of drug-likeness (QED) is 0.760. The zero-order valence-corrected chi connectivity index (χ0v) is 13.9. The summed E-state index contributed by atoms with van der Waals surface area (Å²) in [7, 11) is 0. The summed E-state index contributed by atoms with van der Waals surface area (Å²) in [6, 6.07) is 5.22. The Morgan fingerprint density at radius 2 is 1.95 bits per heavy atom. The van der Waals surface area contributed by atoms with Gasteiger partial charge in [-0.2, -0.15) is 0 Å². The topological polar surface area (TPSA) is 12.0 Å². The van der Waals surface area contributed by atoms with Gasteiger partial charge in [0.2, 0.25) is 0 Å². The van der Waals surface area contributed by atoms with Crippen molar-refractivity contribution in [2.45, 2.75) is 58.4 Å². The first kappa shape index (κ1) is 16.8. The van der Waals surface area contributed by atoms with E-state index >= 15 is 0 Å². The van der Waals surface area contributed by atoms with Crippen LogP contribution in [0.3, 0.4) is 0 Å². The molecule has 118 valence electrons. The third-order valence-electron chi connectivity index (χ3n) is 4.96. The van der Waals surface area contributed by atoms with Crippen molar-refractivity contribution in [2.75, 3.05) is 6.54 Å². The van der Waals surface area contributed by atoms with E-state index < -0.39 is 0 Å². The first-order valence-electron chi connectivity index (χ1n) is 8.31. The molecule has 1 aromatic rings. The van der Waals surface area contributed by atoms with Gasteiger partial charge < -0.3 is 5.32 Å². The molecule has 0 bridgehead atoms. The van der Waals surface area contributed by atoms with E-state index in [4.69, 9.17) is 11.6 Å². The molecular formula is C18H27ClFN. The van der Waals surface area contributed by atoms with Gasteiger partial charge in [-0.25, -0.2) is 4.39 Å². The summed E-state index contributed by atoms with van der Waals surface area (Å²) in [5, 5.41) is 4.18. The Hall–Kier alpha value is -0.600. The van der Waals surface area contributed by atoms with E-state index in [1.165, 1.54) is 44.2 Å². The average Bonchev–Trinajstić information content (AvgIpc) is 2.49. The van der Waals surface area contributed by atoms with E-state index in [0.717, 1.165) is 24.4 Å². The fraction of sp³-hybridized carbons (Fsp3) is 0.667. The predicted octanol–water partition coefficient (Wildman–Crippen LogP) is 5.22. The lowest BCUT2D eigenvalue weighted by Crippen LogP contribution is -2.39. The second-order valence-corrected chi connectivity index (χ2v) is 6.70. The van der Waals surface area contributed by atoms with Gasteiger partial charge in [-0.05, 0) is 55.3 Å². The second kappa shape index (κ2) is 8.14. The predicted molar refractivity (Wildman–Crippen MR) is 88.3 cm³/mol. The van der Waals surface area contributed by atoms with Crippen LogP contribution in [0.1, 0.15) is 51.5 Å². The van der Waals surface area contributed by atoms with Gasteiger partial charge in [0.05, 0.1) is 0 Å². The summed E-state index contributed by atoms with van der Waals surface area (Å²) in [5.74, 6) is 1.37. The highest BCUT2D eigenvalue weighted by molar-refractivity contribution is 6.31. The first-order valence-corrected chi connectivity index (χ1v) is 8.69. The van der Waals surface area contributed by atoms with Crippen LogP contribution in [0.2, 0.25) is 5.02 Å². The van der Waals surface area contributed by atoms with Crippen LogP contribution in [0, 0.1) is 17.7 Å². The molecule has 1 N–H and O–H groups in total. The molecular weight excluding hydrogens is 285 g/mol. The molecule has 0 aliphatic heterocycles. The summed E-state index contributed by atoms with van der Waals surface area (Å²) < 4.78 is 13.2. The van der Waals surface area contributed by atoms with Crippen LogP contribution in [-0.2, 0) is 6.42 Å². The van der Waals surface area contributed by atoms with Gasteiger partial charge in [-0.15, -0.1) is 0 Å². The third-order valence-corrected chi connectivity index (χ3v) is 5.31. The number of benzene rings is 1. The molecule has 1 atom stereocenters. The summed E-state index contributed by atoms with van der Waals surface area (Å²) >= 11 is 6.19. The number of rotatable bonds is 6. The van der Waals surface area contributed by atoms with E-state index in [-0.39, 0.29) is 5.82 Å². The number of nitrogens with one attached hydrogen (secondary N) is 1. The summed E-state index contributed by atoms with van der Waals surface area (Å²) in [5.41, 5.74) is 1.06. The molecule has 0 amide bonds. The van der Waals surface area contributed by atoms with Crippen molar-refractivity contribution in [3.8, 4) is 0 Å². The van der Waals surface area contributed by atoms with Crippen LogP contribution >= 0.6 is 11.6 Å². The molecule has 1 nitrogen and oxygen atoms in total. The smallest absolute Gasteiger partial charge is 0.124 e. The Balaban J connectivity index is 2.02. The third kappa shape index (κ3) is 4.69. The number of likely N-dealkylation sites (N-methyl/N-ethyl adjacent to an activating group) is 1. The van der Waals surface area contributed by atoms with Crippen LogP contribution in [0.4, 0.5) is 4.39 Å². The largest absolute Gasteiger partial charge is 0.314 e. The molecule has 1 aliphatic carbocycles. The van der Waals surface area contributed by atoms with Gasteiger partial charge in [0.25, 0.3) is 0 Å². The Bertz CT molecular complexity index is 441. The molecule has 0 spiro atoms. The lowest BCUT2D eigenvalue weighted by molar-refractivity contribution is 0.218. The summed E-state index contributed by atoms with van der Waals surface area (Å²) in [6.07, 6.45) is 7.50. The Labute approximate surface area is 133 Å². The van der Waals surface area contributed by atoms with Gasteiger partial charge in [0, 0.05) is 11.1 Å². The highest BCUT2D eigenvalue weighted by Crippen LogP contribution is 2.34. The maximum absolute atomic E-state index is 13.2. The highest BCUT2D eigenvalue weighted by atomic mass is 35.5. The highest BCUT2D eigenvalue weighted by Gasteiger charge is 2.27. The Morgan fingerprint density at radius 1 is 1.24 bits per heavy atom. The van der Waals surface area contributed by atoms with Gasteiger partial charge >= 0.3 is 0 Å². The van der Waals surface area contributed by atoms with Gasteiger partial charge in [0.1, 0.15) is 5.82 Å². The van der Waals surface area contributed by atoms with Crippen LogP contribution in [0.5, 0.6) is 0 Å². The van der Waals surface area contributed by atoms with E-state index in [9.17, 15) is 4.39 Å². The summed E-state index contributed by atoms with van der Waals surface area (Å²) in [6.45, 7) is 5.42. The molecule has 3 heteroatoms. The molecule has 1 aliphatic rings. The van der Waals surface area contributed by atoms with Crippen LogP contribution < -0.4 is 5.32 Å². The maximum atomic E-state index is 13.2. The maximum Gasteiger partial charge on any atom is 0.124 e. The zero-order valence-electron chi connectivity index (χ0n) is 13.2. The fourth-order valence-corrected chi connectivity index (χ4v) is 3.84. The molecule has 21 heavy (non-hydrogen) atoms. The molecule has 1 fully saturated rings. The van der Waals surface area contributed by atoms with Crippen molar-refractivity contribution in [1.29, 1.82) is 0 Å². The second-order valence-electron chi connectivity index (χ2n) is 6.29. The molecule has 0 radical (unpaired) electrons. The van der Waals surface area contributed by atoms with E-state index in [1.807, 2.05) is 6.07 Å². The van der Waals surface area contributed by atoms with Crippen LogP contribution in [0.25, 0.3) is 0 Å². The van der Waals surface area contributed by atoms with Crippen molar-refractivity contribution in [3.05, 3.63) is 34.6 Å². The van der Waals surface area contributed by atoms with E-state index in [0.29, 0.717) is 17.0 Å². The minimum Gasteiger partial charge on any atom is -0.314 e. The fourth-order valence-electron chi connectivity index (χ4n) is 3.59. The van der Waals surface area contributed by atoms with Crippen molar-refractivity contribution in [3.63, 3.8) is 0 Å². The van der Waals surface area contributed by atoms with E-state index in [1.54, 1.807) is 0 Å². The average molecular weight is 312 g/mol. The van der Waals surface area contributed by atoms with Crippen LogP contribution in [-0.4, -0.2) is 12.6 Å². The SMILES string of the molecule is CCNC(Cc1ccc(F)cc1Cl)C1CCC(CC)CC1. The van der Waals surface area contributed by atoms with E-state index in [2.05, 4.69) is 19.2 Å². The molecule has 0 saturated heterocycles. The van der Waals surface area contributed by atoms with Gasteiger partial charge in [-0.1, -0.05) is 50.8 Å². The monoisotopic (exact) mass is 311 g/mol. The Kier molecular flexibility index (Phi) is 6.50. The van der Waals surface area contributed by atoms with Gasteiger partial charge in [0.15, 0.2) is 0 Å². The van der Waals surface area contributed by atoms with Crippen molar-refractivity contribution in [2.24, 2.45) is 11.8 Å². The minimum absolute atomic E-state index is 0.257. The molecule has 2 rings (SSSR count). The number of hydrogen-bond donors (Lipinski definition) is 1. The lowest BCUT2D eigenvalue weighted by Gasteiger charge is -2.34. The molecule has 1 unspecified atom stereocenters. The lowest BCUT2D eigenvalue weighted by atomic mass is 9.76. The summed E-state index contributed by atoms with van der Waals surface area (Å²) in [4.78, 5) is 0. The Morgan fingerprint density at radius 3 is 2.52 bits per heavy atom. The van der Waals surface area contributed by atoms with Crippen molar-refractivity contribution < 1.29 is 4.39 Å². The zero-order chi connectivity index (χ0) is 15.2. The first-order chi connectivity index (χ1) is 10.1. The molecule has 0 heterocycles. The standard InChI is InChI=1S/C18H27ClFN/c1-3-13-5-7-14(8-6-13)18(21-4-2)11-15-9-10-16(20)12-17(15)19/h9-10,12-14,18,21H,3-8,11H2,1-2H3. The number of halogens is 2. The van der Waals surface area contributed by atoms with Crippen molar-refractivity contribution in [1.82, 2.24) is 5.32 Å². The molecule has 0 aromatic heterocycles.